The summed E-state index contributed by atoms with van der Waals surface area (Å²) in [6.07, 6.45) is 10.7. The van der Waals surface area contributed by atoms with Crippen LogP contribution in [-0.2, 0) is 13.0 Å². The molecule has 0 aliphatic heterocycles. The molecule has 6 heteroatoms. The van der Waals surface area contributed by atoms with Crippen molar-refractivity contribution in [2.24, 2.45) is 0 Å². The Morgan fingerprint density at radius 2 is 1.74 bits per heavy atom. The van der Waals surface area contributed by atoms with Crippen molar-refractivity contribution in [1.82, 2.24) is 19.7 Å². The molecular weight excluding hydrogens is 436 g/mol. The van der Waals surface area contributed by atoms with Crippen molar-refractivity contribution in [2.45, 2.75) is 44.7 Å². The third-order valence-electron chi connectivity index (χ3n) is 6.54. The first-order valence-electron chi connectivity index (χ1n) is 12.3. The molecule has 0 bridgehead atoms. The van der Waals surface area contributed by atoms with Crippen LogP contribution in [0.2, 0.25) is 0 Å². The standard InChI is InChI=1S/C29H30N4O2/c34-29(24-11-13-27(14-12-24)33-20-5-19-31-33)32(26-7-1-2-8-26)22-23-9-15-28(16-10-23)35-21-17-25-6-3-4-18-30-25/h3-6,9-16,18-20,26H,1-2,7-8,17,21-22H2. The number of carbonyl (C=O) groups excluding carboxylic acids is 1. The van der Waals surface area contributed by atoms with Crippen molar-refractivity contribution in [3.8, 4) is 11.4 Å². The number of benzene rings is 2. The van der Waals surface area contributed by atoms with Gasteiger partial charge in [0.1, 0.15) is 5.75 Å². The number of hydrogen-bond donors (Lipinski definition) is 0. The van der Waals surface area contributed by atoms with Gasteiger partial charge in [0.2, 0.25) is 0 Å². The van der Waals surface area contributed by atoms with Gasteiger partial charge in [0.05, 0.1) is 12.3 Å². The minimum atomic E-state index is 0.0830. The summed E-state index contributed by atoms with van der Waals surface area (Å²) >= 11 is 0. The highest BCUT2D eigenvalue weighted by Crippen LogP contribution is 2.27. The van der Waals surface area contributed by atoms with E-state index in [4.69, 9.17) is 4.74 Å². The third kappa shape index (κ3) is 5.77. The Kier molecular flexibility index (Phi) is 7.18. The Labute approximate surface area is 206 Å². The summed E-state index contributed by atoms with van der Waals surface area (Å²) in [5.41, 5.74) is 3.78. The normalized spacial score (nSPS) is 13.6. The summed E-state index contributed by atoms with van der Waals surface area (Å²) in [4.78, 5) is 19.9. The Bertz CT molecular complexity index is 1200. The highest BCUT2D eigenvalue weighted by molar-refractivity contribution is 5.94. The lowest BCUT2D eigenvalue weighted by atomic mass is 10.1. The number of carbonyl (C=O) groups is 1. The Hall–Kier alpha value is -3.93. The van der Waals surface area contributed by atoms with Crippen molar-refractivity contribution >= 4 is 5.91 Å². The predicted molar refractivity (Wildman–Crippen MR) is 136 cm³/mol. The first-order chi connectivity index (χ1) is 17.3. The van der Waals surface area contributed by atoms with E-state index in [9.17, 15) is 4.79 Å². The first kappa shape index (κ1) is 22.8. The smallest absolute Gasteiger partial charge is 0.254 e. The van der Waals surface area contributed by atoms with E-state index in [1.807, 2.05) is 71.8 Å². The van der Waals surface area contributed by atoms with Crippen LogP contribution < -0.4 is 4.74 Å². The summed E-state index contributed by atoms with van der Waals surface area (Å²) in [6, 6.07) is 23.9. The van der Waals surface area contributed by atoms with Gasteiger partial charge < -0.3 is 9.64 Å². The molecule has 178 valence electrons. The molecule has 5 rings (SSSR count). The van der Waals surface area contributed by atoms with Crippen molar-refractivity contribution < 1.29 is 9.53 Å². The Morgan fingerprint density at radius 3 is 2.43 bits per heavy atom. The molecule has 1 saturated carbocycles. The van der Waals surface area contributed by atoms with Gasteiger partial charge >= 0.3 is 0 Å². The van der Waals surface area contributed by atoms with E-state index in [-0.39, 0.29) is 11.9 Å². The molecule has 1 aliphatic rings. The number of aromatic nitrogens is 3. The second kappa shape index (κ2) is 11.0. The van der Waals surface area contributed by atoms with Gasteiger partial charge in [-0.1, -0.05) is 31.0 Å². The predicted octanol–water partition coefficient (Wildman–Crippen LogP) is 5.47. The molecule has 0 radical (unpaired) electrons. The largest absolute Gasteiger partial charge is 0.493 e. The molecule has 0 saturated heterocycles. The average molecular weight is 467 g/mol. The second-order valence-corrected chi connectivity index (χ2v) is 8.93. The van der Waals surface area contributed by atoms with Crippen molar-refractivity contribution in [2.75, 3.05) is 6.61 Å². The number of pyridine rings is 1. The van der Waals surface area contributed by atoms with Crippen LogP contribution in [0.1, 0.15) is 47.3 Å². The lowest BCUT2D eigenvalue weighted by molar-refractivity contribution is 0.0664. The second-order valence-electron chi connectivity index (χ2n) is 8.93. The molecule has 0 unspecified atom stereocenters. The topological polar surface area (TPSA) is 60.2 Å². The van der Waals surface area contributed by atoms with Crippen LogP contribution in [0.4, 0.5) is 0 Å². The molecule has 1 fully saturated rings. The van der Waals surface area contributed by atoms with Crippen LogP contribution in [0.25, 0.3) is 5.69 Å². The number of ether oxygens (including phenoxy) is 1. The first-order valence-corrected chi connectivity index (χ1v) is 12.3. The molecule has 0 spiro atoms. The lowest BCUT2D eigenvalue weighted by Gasteiger charge is -2.29. The van der Waals surface area contributed by atoms with E-state index >= 15 is 0 Å². The fourth-order valence-electron chi connectivity index (χ4n) is 4.63. The molecule has 6 nitrogen and oxygen atoms in total. The quantitative estimate of drug-likeness (QED) is 0.328. The maximum Gasteiger partial charge on any atom is 0.254 e. The van der Waals surface area contributed by atoms with Crippen molar-refractivity contribution in [1.29, 1.82) is 0 Å². The van der Waals surface area contributed by atoms with Crippen LogP contribution in [0.5, 0.6) is 5.75 Å². The number of rotatable bonds is 9. The van der Waals surface area contributed by atoms with Gasteiger partial charge in [0.25, 0.3) is 5.91 Å². The average Bonchev–Trinajstić information content (AvgIpc) is 3.64. The molecule has 1 aliphatic carbocycles. The van der Waals surface area contributed by atoms with Crippen LogP contribution in [0.15, 0.2) is 91.4 Å². The fraction of sp³-hybridized carbons (Fsp3) is 0.276. The fourth-order valence-corrected chi connectivity index (χ4v) is 4.63. The van der Waals surface area contributed by atoms with Gasteiger partial charge in [0, 0.05) is 48.9 Å². The number of hydrogen-bond acceptors (Lipinski definition) is 4. The summed E-state index contributed by atoms with van der Waals surface area (Å²) in [7, 11) is 0. The maximum atomic E-state index is 13.5. The van der Waals surface area contributed by atoms with Gasteiger partial charge in [-0.25, -0.2) is 4.68 Å². The zero-order valence-electron chi connectivity index (χ0n) is 19.8. The molecule has 35 heavy (non-hydrogen) atoms. The molecule has 2 aromatic heterocycles. The van der Waals surface area contributed by atoms with Crippen LogP contribution in [0.3, 0.4) is 0 Å². The molecular formula is C29H30N4O2. The summed E-state index contributed by atoms with van der Waals surface area (Å²) in [5, 5.41) is 4.26. The van der Waals surface area contributed by atoms with E-state index in [1.54, 1.807) is 17.1 Å². The molecule has 0 atom stereocenters. The lowest BCUT2D eigenvalue weighted by Crippen LogP contribution is -2.38. The van der Waals surface area contributed by atoms with E-state index in [0.717, 1.165) is 42.0 Å². The van der Waals surface area contributed by atoms with E-state index in [0.29, 0.717) is 18.7 Å². The minimum Gasteiger partial charge on any atom is -0.493 e. The van der Waals surface area contributed by atoms with E-state index < -0.39 is 0 Å². The third-order valence-corrected chi connectivity index (χ3v) is 6.54. The summed E-state index contributed by atoms with van der Waals surface area (Å²) in [6.45, 7) is 1.18. The van der Waals surface area contributed by atoms with Gasteiger partial charge in [-0.05, 0) is 73.0 Å². The molecule has 2 heterocycles. The zero-order valence-corrected chi connectivity index (χ0v) is 19.8. The highest BCUT2D eigenvalue weighted by Gasteiger charge is 2.27. The van der Waals surface area contributed by atoms with Gasteiger partial charge in [0.15, 0.2) is 0 Å². The Morgan fingerprint density at radius 1 is 0.943 bits per heavy atom. The maximum absolute atomic E-state index is 13.5. The highest BCUT2D eigenvalue weighted by atomic mass is 16.5. The number of amides is 1. The van der Waals surface area contributed by atoms with Crippen LogP contribution >= 0.6 is 0 Å². The van der Waals surface area contributed by atoms with E-state index in [1.165, 1.54) is 12.8 Å². The van der Waals surface area contributed by atoms with Crippen LogP contribution in [-0.4, -0.2) is 38.2 Å². The van der Waals surface area contributed by atoms with Gasteiger partial charge in [-0.3, -0.25) is 9.78 Å². The zero-order chi connectivity index (χ0) is 23.9. The minimum absolute atomic E-state index is 0.0830. The molecule has 1 amide bonds. The van der Waals surface area contributed by atoms with E-state index in [2.05, 4.69) is 22.2 Å². The van der Waals surface area contributed by atoms with Crippen molar-refractivity contribution in [3.63, 3.8) is 0 Å². The summed E-state index contributed by atoms with van der Waals surface area (Å²) in [5.74, 6) is 0.914. The number of nitrogens with zero attached hydrogens (tertiary/aromatic N) is 4. The SMILES string of the molecule is O=C(c1ccc(-n2cccn2)cc1)N(Cc1ccc(OCCc2ccccn2)cc1)C1CCCC1. The van der Waals surface area contributed by atoms with Crippen molar-refractivity contribution in [3.05, 3.63) is 108 Å². The van der Waals surface area contributed by atoms with Crippen LogP contribution in [0, 0.1) is 0 Å². The molecule has 4 aromatic rings. The monoisotopic (exact) mass is 466 g/mol. The van der Waals surface area contributed by atoms with Gasteiger partial charge in [-0.15, -0.1) is 0 Å². The molecule has 0 N–H and O–H groups in total. The molecule has 2 aromatic carbocycles. The Balaban J connectivity index is 1.24. The summed E-state index contributed by atoms with van der Waals surface area (Å²) < 4.78 is 7.70. The van der Waals surface area contributed by atoms with Gasteiger partial charge in [-0.2, -0.15) is 5.10 Å².